The Hall–Kier alpha value is -2.98. The zero-order chi connectivity index (χ0) is 17.9. The molecule has 26 heavy (non-hydrogen) atoms. The summed E-state index contributed by atoms with van der Waals surface area (Å²) in [4.78, 5) is 8.87. The van der Waals surface area contributed by atoms with Gasteiger partial charge in [0.1, 0.15) is 6.07 Å². The summed E-state index contributed by atoms with van der Waals surface area (Å²) in [6, 6.07) is 5.88. The number of rotatable bonds is 4. The van der Waals surface area contributed by atoms with Gasteiger partial charge in [-0.15, -0.1) is 0 Å². The second-order valence-electron chi connectivity index (χ2n) is 6.60. The molecule has 0 aromatic carbocycles. The quantitative estimate of drug-likeness (QED) is 0.780. The third kappa shape index (κ3) is 3.24. The summed E-state index contributed by atoms with van der Waals surface area (Å²) in [5.41, 5.74) is 3.36. The molecule has 1 saturated heterocycles. The lowest BCUT2D eigenvalue weighted by molar-refractivity contribution is 0.0699. The number of aryl methyl sites for hydroxylation is 1. The van der Waals surface area contributed by atoms with E-state index < -0.39 is 0 Å². The number of hydrogen-bond acceptors (Lipinski definition) is 6. The molecule has 4 rings (SSSR count). The fourth-order valence-electron chi connectivity index (χ4n) is 3.17. The lowest BCUT2D eigenvalue weighted by atomic mass is 10.0. The molecule has 0 amide bonds. The van der Waals surface area contributed by atoms with E-state index in [-0.39, 0.29) is 0 Å². The first-order valence-electron chi connectivity index (χ1n) is 8.77. The van der Waals surface area contributed by atoms with Crippen molar-refractivity contribution in [1.82, 2.24) is 19.7 Å². The fourth-order valence-corrected chi connectivity index (χ4v) is 3.17. The maximum absolute atomic E-state index is 9.01. The molecular weight excluding hydrogens is 328 g/mol. The summed E-state index contributed by atoms with van der Waals surface area (Å²) in [5.74, 6) is 1.34. The summed E-state index contributed by atoms with van der Waals surface area (Å²) in [6.07, 6.45) is 7.30. The van der Waals surface area contributed by atoms with E-state index in [2.05, 4.69) is 26.5 Å². The average Bonchev–Trinajstić information content (AvgIpc) is 3.11. The Balaban J connectivity index is 1.60. The Morgan fingerprint density at radius 3 is 2.88 bits per heavy atom. The van der Waals surface area contributed by atoms with Crippen LogP contribution in [0.2, 0.25) is 0 Å². The summed E-state index contributed by atoms with van der Waals surface area (Å²) in [7, 11) is 0. The molecule has 4 heterocycles. The normalized spacial score (nSPS) is 15.1. The molecule has 3 aromatic rings. The van der Waals surface area contributed by atoms with Gasteiger partial charge in [-0.1, -0.05) is 0 Å². The van der Waals surface area contributed by atoms with Crippen molar-refractivity contribution in [3.8, 4) is 11.9 Å². The zero-order valence-electron chi connectivity index (χ0n) is 14.6. The summed E-state index contributed by atoms with van der Waals surface area (Å²) in [5, 5.41) is 17.8. The van der Waals surface area contributed by atoms with E-state index in [1.165, 1.54) is 0 Å². The highest BCUT2D eigenvalue weighted by Gasteiger charge is 2.15. The molecule has 0 unspecified atom stereocenters. The zero-order valence-corrected chi connectivity index (χ0v) is 14.6. The summed E-state index contributed by atoms with van der Waals surface area (Å²) >= 11 is 0. The van der Waals surface area contributed by atoms with Gasteiger partial charge in [-0.2, -0.15) is 15.0 Å². The molecule has 0 atom stereocenters. The Labute approximate surface area is 151 Å². The monoisotopic (exact) mass is 348 g/mol. The predicted molar refractivity (Wildman–Crippen MR) is 98.1 cm³/mol. The van der Waals surface area contributed by atoms with E-state index in [9.17, 15) is 0 Å². The first-order chi connectivity index (χ1) is 12.7. The molecule has 7 nitrogen and oxygen atoms in total. The minimum atomic E-state index is 0.521. The van der Waals surface area contributed by atoms with Crippen LogP contribution < -0.4 is 5.32 Å². The maximum Gasteiger partial charge on any atom is 0.164 e. The molecule has 132 valence electrons. The Kier molecular flexibility index (Phi) is 4.50. The molecule has 0 saturated carbocycles. The molecule has 1 N–H and O–H groups in total. The third-order valence-corrected chi connectivity index (χ3v) is 4.76. The SMILES string of the molecule is Cc1cnc(-n2ncc3cc(C#N)cnc32)cc1NCC1CCOCC1. The van der Waals surface area contributed by atoms with Gasteiger partial charge in [0.05, 0.1) is 11.8 Å². The second kappa shape index (κ2) is 7.10. The van der Waals surface area contributed by atoms with Gasteiger partial charge in [-0.25, -0.2) is 9.97 Å². The van der Waals surface area contributed by atoms with Crippen LogP contribution >= 0.6 is 0 Å². The Morgan fingerprint density at radius 1 is 1.23 bits per heavy atom. The van der Waals surface area contributed by atoms with E-state index in [0.717, 1.165) is 49.2 Å². The first kappa shape index (κ1) is 16.5. The van der Waals surface area contributed by atoms with Gasteiger partial charge in [0.25, 0.3) is 0 Å². The van der Waals surface area contributed by atoms with E-state index >= 15 is 0 Å². The molecule has 7 heteroatoms. The Morgan fingerprint density at radius 2 is 2.08 bits per heavy atom. The number of anilines is 1. The minimum Gasteiger partial charge on any atom is -0.384 e. The molecular formula is C19H20N6O. The fraction of sp³-hybridized carbons (Fsp3) is 0.368. The molecule has 0 radical (unpaired) electrons. The van der Waals surface area contributed by atoms with Crippen LogP contribution in [0.4, 0.5) is 5.69 Å². The lowest BCUT2D eigenvalue weighted by Crippen LogP contribution is -2.23. The largest absolute Gasteiger partial charge is 0.384 e. The van der Waals surface area contributed by atoms with Gasteiger partial charge in [-0.3, -0.25) is 0 Å². The molecule has 0 bridgehead atoms. The van der Waals surface area contributed by atoms with Crippen LogP contribution in [-0.2, 0) is 4.74 Å². The van der Waals surface area contributed by atoms with E-state index in [4.69, 9.17) is 10.00 Å². The van der Waals surface area contributed by atoms with Crippen molar-refractivity contribution in [1.29, 1.82) is 5.26 Å². The number of nitrogens with one attached hydrogen (secondary N) is 1. The van der Waals surface area contributed by atoms with E-state index in [1.54, 1.807) is 23.1 Å². The number of aromatic nitrogens is 4. The molecule has 1 aliphatic heterocycles. The highest BCUT2D eigenvalue weighted by Crippen LogP contribution is 2.22. The van der Waals surface area contributed by atoms with Crippen molar-refractivity contribution in [3.05, 3.63) is 41.9 Å². The van der Waals surface area contributed by atoms with Gasteiger partial charge in [-0.05, 0) is 37.3 Å². The van der Waals surface area contributed by atoms with Crippen LogP contribution in [0.25, 0.3) is 16.9 Å². The van der Waals surface area contributed by atoms with Crippen LogP contribution in [0.3, 0.4) is 0 Å². The predicted octanol–water partition coefficient (Wildman–Crippen LogP) is 2.83. The number of nitriles is 1. The summed E-state index contributed by atoms with van der Waals surface area (Å²) < 4.78 is 7.13. The van der Waals surface area contributed by atoms with Gasteiger partial charge >= 0.3 is 0 Å². The number of hydrogen-bond donors (Lipinski definition) is 1. The van der Waals surface area contributed by atoms with Crippen molar-refractivity contribution in [2.75, 3.05) is 25.1 Å². The topological polar surface area (TPSA) is 88.7 Å². The van der Waals surface area contributed by atoms with Gasteiger partial charge in [0.15, 0.2) is 11.5 Å². The average molecular weight is 348 g/mol. The molecule has 1 aliphatic rings. The van der Waals surface area contributed by atoms with Crippen LogP contribution in [0.5, 0.6) is 0 Å². The summed E-state index contributed by atoms with van der Waals surface area (Å²) in [6.45, 7) is 4.67. The lowest BCUT2D eigenvalue weighted by Gasteiger charge is -2.23. The van der Waals surface area contributed by atoms with Crippen molar-refractivity contribution < 1.29 is 4.74 Å². The number of fused-ring (bicyclic) bond motifs is 1. The van der Waals surface area contributed by atoms with Crippen molar-refractivity contribution in [2.24, 2.45) is 5.92 Å². The minimum absolute atomic E-state index is 0.521. The van der Waals surface area contributed by atoms with Crippen LogP contribution in [-0.4, -0.2) is 39.5 Å². The smallest absolute Gasteiger partial charge is 0.164 e. The maximum atomic E-state index is 9.01. The number of nitrogens with zero attached hydrogens (tertiary/aromatic N) is 5. The van der Waals surface area contributed by atoms with E-state index in [0.29, 0.717) is 22.9 Å². The van der Waals surface area contributed by atoms with Crippen LogP contribution in [0.15, 0.2) is 30.7 Å². The molecule has 1 fully saturated rings. The highest BCUT2D eigenvalue weighted by molar-refractivity contribution is 5.77. The van der Waals surface area contributed by atoms with Gasteiger partial charge in [0.2, 0.25) is 0 Å². The van der Waals surface area contributed by atoms with Crippen molar-refractivity contribution in [3.63, 3.8) is 0 Å². The van der Waals surface area contributed by atoms with Crippen LogP contribution in [0.1, 0.15) is 24.0 Å². The van der Waals surface area contributed by atoms with Crippen LogP contribution in [0, 0.1) is 24.2 Å². The Bertz CT molecular complexity index is 968. The van der Waals surface area contributed by atoms with Crippen molar-refractivity contribution >= 4 is 16.7 Å². The van der Waals surface area contributed by atoms with Gasteiger partial charge < -0.3 is 10.1 Å². The number of pyridine rings is 2. The molecule has 0 spiro atoms. The molecule has 3 aromatic heterocycles. The van der Waals surface area contributed by atoms with Gasteiger partial charge in [0, 0.05) is 49.3 Å². The second-order valence-corrected chi connectivity index (χ2v) is 6.60. The van der Waals surface area contributed by atoms with E-state index in [1.807, 2.05) is 19.2 Å². The molecule has 0 aliphatic carbocycles. The number of ether oxygens (including phenoxy) is 1. The third-order valence-electron chi connectivity index (χ3n) is 4.76. The first-order valence-corrected chi connectivity index (χ1v) is 8.77. The highest BCUT2D eigenvalue weighted by atomic mass is 16.5. The van der Waals surface area contributed by atoms with Crippen molar-refractivity contribution in [2.45, 2.75) is 19.8 Å². The standard InChI is InChI=1S/C19H20N6O/c1-13-9-22-18(7-17(13)21-10-14-2-4-26-5-3-14)25-19-16(12-24-25)6-15(8-20)11-23-19/h6-7,9,11-12,14H,2-5,10H2,1H3,(H,21,22).